The molecule has 0 radical (unpaired) electrons. The monoisotopic (exact) mass is 199 g/mol. The Morgan fingerprint density at radius 1 is 1.29 bits per heavy atom. The van der Waals surface area contributed by atoms with Crippen molar-refractivity contribution in [3.63, 3.8) is 0 Å². The average molecular weight is 199 g/mol. The maximum absolute atomic E-state index is 9.12. The summed E-state index contributed by atoms with van der Waals surface area (Å²) in [4.78, 5) is 0. The summed E-state index contributed by atoms with van der Waals surface area (Å²) >= 11 is 0. The number of aliphatic hydroxyl groups excluding tert-OH is 1. The van der Waals surface area contributed by atoms with Crippen LogP contribution in [0.2, 0.25) is 0 Å². The van der Waals surface area contributed by atoms with Crippen molar-refractivity contribution < 1.29 is 5.11 Å². The molecule has 2 nitrogen and oxygen atoms in total. The van der Waals surface area contributed by atoms with E-state index in [1.165, 1.54) is 32.1 Å². The topological polar surface area (TPSA) is 32.3 Å². The second-order valence-electron chi connectivity index (χ2n) is 4.76. The van der Waals surface area contributed by atoms with Crippen molar-refractivity contribution in [2.24, 2.45) is 5.92 Å². The Morgan fingerprint density at radius 2 is 2.07 bits per heavy atom. The highest BCUT2D eigenvalue weighted by Gasteiger charge is 2.17. The number of nitrogens with one attached hydrogen (secondary N) is 1. The SMILES string of the molecule is CCC(CO)NC1CCCC(C)CC1. The quantitative estimate of drug-likeness (QED) is 0.681. The minimum absolute atomic E-state index is 0.280. The molecule has 0 aliphatic heterocycles. The smallest absolute Gasteiger partial charge is 0.0584 e. The molecule has 0 amide bonds. The summed E-state index contributed by atoms with van der Waals surface area (Å²) in [6.45, 7) is 4.77. The second kappa shape index (κ2) is 6.41. The van der Waals surface area contributed by atoms with Gasteiger partial charge in [-0.1, -0.05) is 26.7 Å². The van der Waals surface area contributed by atoms with Gasteiger partial charge < -0.3 is 10.4 Å². The molecule has 0 aromatic carbocycles. The molecule has 1 aliphatic carbocycles. The van der Waals surface area contributed by atoms with E-state index in [0.717, 1.165) is 12.3 Å². The first-order valence-corrected chi connectivity index (χ1v) is 6.13. The van der Waals surface area contributed by atoms with Crippen LogP contribution in [0.4, 0.5) is 0 Å². The lowest BCUT2D eigenvalue weighted by atomic mass is 10.0. The van der Waals surface area contributed by atoms with Gasteiger partial charge in [0.1, 0.15) is 0 Å². The third-order valence-electron chi connectivity index (χ3n) is 3.44. The minimum Gasteiger partial charge on any atom is -0.395 e. The first-order chi connectivity index (χ1) is 6.76. The van der Waals surface area contributed by atoms with Crippen molar-refractivity contribution in [1.29, 1.82) is 0 Å². The first kappa shape index (κ1) is 12.0. The van der Waals surface area contributed by atoms with E-state index < -0.39 is 0 Å². The van der Waals surface area contributed by atoms with Crippen molar-refractivity contribution in [1.82, 2.24) is 5.32 Å². The molecule has 0 spiro atoms. The molecule has 2 heteroatoms. The lowest BCUT2D eigenvalue weighted by molar-refractivity contribution is 0.222. The van der Waals surface area contributed by atoms with E-state index in [9.17, 15) is 0 Å². The van der Waals surface area contributed by atoms with E-state index >= 15 is 0 Å². The van der Waals surface area contributed by atoms with Crippen molar-refractivity contribution in [3.8, 4) is 0 Å². The summed E-state index contributed by atoms with van der Waals surface area (Å²) in [7, 11) is 0. The Labute approximate surface area is 88.1 Å². The molecule has 0 bridgehead atoms. The largest absolute Gasteiger partial charge is 0.395 e. The zero-order valence-corrected chi connectivity index (χ0v) is 9.63. The average Bonchev–Trinajstić information content (AvgIpc) is 2.40. The number of aliphatic hydroxyl groups is 1. The van der Waals surface area contributed by atoms with Gasteiger partial charge in [-0.15, -0.1) is 0 Å². The summed E-state index contributed by atoms with van der Waals surface area (Å²) < 4.78 is 0. The lowest BCUT2D eigenvalue weighted by Crippen LogP contribution is -2.39. The highest BCUT2D eigenvalue weighted by Crippen LogP contribution is 2.22. The minimum atomic E-state index is 0.280. The highest BCUT2D eigenvalue weighted by atomic mass is 16.3. The Morgan fingerprint density at radius 3 is 2.71 bits per heavy atom. The van der Waals surface area contributed by atoms with Crippen molar-refractivity contribution >= 4 is 0 Å². The van der Waals surface area contributed by atoms with Crippen LogP contribution in [0.1, 0.15) is 52.4 Å². The predicted octanol–water partition coefficient (Wildman–Crippen LogP) is 2.32. The van der Waals surface area contributed by atoms with Crippen molar-refractivity contribution in [2.75, 3.05) is 6.61 Å². The zero-order chi connectivity index (χ0) is 10.4. The Balaban J connectivity index is 2.29. The molecule has 0 saturated heterocycles. The van der Waals surface area contributed by atoms with Crippen LogP contribution in [0.25, 0.3) is 0 Å². The molecular weight excluding hydrogens is 174 g/mol. The van der Waals surface area contributed by atoms with Crippen molar-refractivity contribution in [2.45, 2.75) is 64.5 Å². The third kappa shape index (κ3) is 3.97. The molecule has 0 aromatic rings. The van der Waals surface area contributed by atoms with Gasteiger partial charge in [-0.25, -0.2) is 0 Å². The Bertz CT molecular complexity index is 145. The number of hydrogen-bond donors (Lipinski definition) is 2. The third-order valence-corrected chi connectivity index (χ3v) is 3.44. The first-order valence-electron chi connectivity index (χ1n) is 6.13. The van der Waals surface area contributed by atoms with Gasteiger partial charge in [-0.2, -0.15) is 0 Å². The molecular formula is C12H25NO. The summed E-state index contributed by atoms with van der Waals surface area (Å²) in [5.41, 5.74) is 0. The summed E-state index contributed by atoms with van der Waals surface area (Å²) in [5, 5.41) is 12.7. The van der Waals surface area contributed by atoms with E-state index in [1.807, 2.05) is 0 Å². The van der Waals surface area contributed by atoms with Crippen LogP contribution >= 0.6 is 0 Å². The fourth-order valence-electron chi connectivity index (χ4n) is 2.29. The summed E-state index contributed by atoms with van der Waals surface area (Å²) in [5.74, 6) is 0.899. The van der Waals surface area contributed by atoms with Crippen LogP contribution in [0, 0.1) is 5.92 Å². The molecule has 14 heavy (non-hydrogen) atoms. The maximum atomic E-state index is 9.12. The Hall–Kier alpha value is -0.0800. The van der Waals surface area contributed by atoms with Crippen LogP contribution in [-0.4, -0.2) is 23.8 Å². The van der Waals surface area contributed by atoms with Crippen molar-refractivity contribution in [3.05, 3.63) is 0 Å². The lowest BCUT2D eigenvalue weighted by Gasteiger charge is -2.22. The summed E-state index contributed by atoms with van der Waals surface area (Å²) in [6.07, 6.45) is 7.69. The maximum Gasteiger partial charge on any atom is 0.0584 e. The van der Waals surface area contributed by atoms with Gasteiger partial charge in [0.05, 0.1) is 6.61 Å². The standard InChI is InChI=1S/C12H25NO/c1-3-11(9-14)13-12-6-4-5-10(2)7-8-12/h10-14H,3-9H2,1-2H3. The molecule has 1 saturated carbocycles. The summed E-state index contributed by atoms with van der Waals surface area (Å²) in [6, 6.07) is 0.963. The fraction of sp³-hybridized carbons (Fsp3) is 1.00. The van der Waals surface area contributed by atoms with Gasteiger partial charge in [-0.05, 0) is 31.6 Å². The molecule has 2 N–H and O–H groups in total. The van der Waals surface area contributed by atoms with Crippen LogP contribution < -0.4 is 5.32 Å². The molecule has 84 valence electrons. The van der Waals surface area contributed by atoms with Crippen LogP contribution in [0.5, 0.6) is 0 Å². The van der Waals surface area contributed by atoms with Gasteiger partial charge in [0.25, 0.3) is 0 Å². The van der Waals surface area contributed by atoms with Gasteiger partial charge in [0.2, 0.25) is 0 Å². The second-order valence-corrected chi connectivity index (χ2v) is 4.76. The Kier molecular flexibility index (Phi) is 5.49. The normalized spacial score (nSPS) is 31.1. The molecule has 0 heterocycles. The van der Waals surface area contributed by atoms with Crippen LogP contribution in [0.3, 0.4) is 0 Å². The molecule has 1 aliphatic rings. The van der Waals surface area contributed by atoms with Gasteiger partial charge in [0, 0.05) is 12.1 Å². The number of rotatable bonds is 4. The predicted molar refractivity (Wildman–Crippen MR) is 60.3 cm³/mol. The zero-order valence-electron chi connectivity index (χ0n) is 9.63. The highest BCUT2D eigenvalue weighted by molar-refractivity contribution is 4.76. The van der Waals surface area contributed by atoms with Crippen LogP contribution in [0.15, 0.2) is 0 Å². The molecule has 3 unspecified atom stereocenters. The van der Waals surface area contributed by atoms with Crippen LogP contribution in [-0.2, 0) is 0 Å². The molecule has 1 rings (SSSR count). The fourth-order valence-corrected chi connectivity index (χ4v) is 2.29. The molecule has 1 fully saturated rings. The van der Waals surface area contributed by atoms with E-state index in [2.05, 4.69) is 19.2 Å². The van der Waals surface area contributed by atoms with Gasteiger partial charge in [0.15, 0.2) is 0 Å². The van der Waals surface area contributed by atoms with E-state index in [1.54, 1.807) is 0 Å². The van der Waals surface area contributed by atoms with Gasteiger partial charge in [-0.3, -0.25) is 0 Å². The van der Waals surface area contributed by atoms with Gasteiger partial charge >= 0.3 is 0 Å². The van der Waals surface area contributed by atoms with E-state index in [4.69, 9.17) is 5.11 Å². The number of hydrogen-bond acceptors (Lipinski definition) is 2. The molecule has 0 aromatic heterocycles. The van der Waals surface area contributed by atoms with E-state index in [-0.39, 0.29) is 6.61 Å². The van der Waals surface area contributed by atoms with E-state index in [0.29, 0.717) is 12.1 Å². The molecule has 3 atom stereocenters.